The summed E-state index contributed by atoms with van der Waals surface area (Å²) in [5.41, 5.74) is 1.35. The van der Waals surface area contributed by atoms with E-state index < -0.39 is 0 Å². The summed E-state index contributed by atoms with van der Waals surface area (Å²) in [6, 6.07) is 0. The van der Waals surface area contributed by atoms with Gasteiger partial charge in [0.1, 0.15) is 0 Å². The number of allylic oxidation sites excluding steroid dienone is 2. The van der Waals surface area contributed by atoms with Crippen LogP contribution in [0.1, 0.15) is 41.0 Å². The van der Waals surface area contributed by atoms with Gasteiger partial charge in [0.05, 0.1) is 0 Å². The molecule has 1 unspecified atom stereocenters. The van der Waals surface area contributed by atoms with Crippen LogP contribution in [0.4, 0.5) is 0 Å². The van der Waals surface area contributed by atoms with Gasteiger partial charge in [0.2, 0.25) is 0 Å². The van der Waals surface area contributed by atoms with Crippen molar-refractivity contribution in [2.75, 3.05) is 0 Å². The number of ether oxygens (including phenoxy) is 1. The quantitative estimate of drug-likeness (QED) is 0.426. The minimum atomic E-state index is -0.263. The molecule has 0 bridgehead atoms. The molecule has 94 valence electrons. The van der Waals surface area contributed by atoms with Gasteiger partial charge in [-0.25, -0.2) is 0 Å². The summed E-state index contributed by atoms with van der Waals surface area (Å²) >= 11 is 0. The van der Waals surface area contributed by atoms with Gasteiger partial charge in [-0.3, -0.25) is 4.79 Å². The Bertz CT molecular complexity index is 364. The minimum Gasteiger partial charge on any atom is -0.449 e. The Balaban J connectivity index is 2.53. The van der Waals surface area contributed by atoms with Gasteiger partial charge >= 0.3 is 5.97 Å². The zero-order valence-electron chi connectivity index (χ0n) is 11.4. The molecule has 0 heterocycles. The van der Waals surface area contributed by atoms with Gasteiger partial charge in [-0.2, -0.15) is 0 Å². The van der Waals surface area contributed by atoms with Crippen LogP contribution in [-0.4, -0.2) is 12.1 Å². The first kappa shape index (κ1) is 13.8. The molecule has 3 atom stereocenters. The van der Waals surface area contributed by atoms with Crippen molar-refractivity contribution in [2.45, 2.75) is 47.1 Å². The lowest BCUT2D eigenvalue weighted by Gasteiger charge is -2.14. The molecule has 1 saturated carbocycles. The van der Waals surface area contributed by atoms with Crippen LogP contribution in [-0.2, 0) is 9.53 Å². The number of rotatable bonds is 3. The maximum absolute atomic E-state index is 10.9. The van der Waals surface area contributed by atoms with Crippen LogP contribution in [0, 0.1) is 29.6 Å². The van der Waals surface area contributed by atoms with E-state index in [1.54, 1.807) is 0 Å². The summed E-state index contributed by atoms with van der Waals surface area (Å²) in [7, 11) is 0. The number of carbonyl (C=O) groups excluding carboxylic acids is 1. The fourth-order valence-electron chi connectivity index (χ4n) is 1.69. The molecule has 1 rings (SSSR count). The van der Waals surface area contributed by atoms with Gasteiger partial charge in [0.25, 0.3) is 0 Å². The molecule has 0 saturated heterocycles. The van der Waals surface area contributed by atoms with Gasteiger partial charge in [0, 0.05) is 18.8 Å². The predicted molar refractivity (Wildman–Crippen MR) is 69.2 cm³/mol. The lowest BCUT2D eigenvalue weighted by Crippen LogP contribution is -2.20. The summed E-state index contributed by atoms with van der Waals surface area (Å²) in [5.74, 6) is 7.38. The molecule has 1 fully saturated rings. The van der Waals surface area contributed by atoms with Gasteiger partial charge in [-0.1, -0.05) is 37.3 Å². The Morgan fingerprint density at radius 1 is 1.35 bits per heavy atom. The lowest BCUT2D eigenvalue weighted by molar-refractivity contribution is -0.145. The second-order valence-electron chi connectivity index (χ2n) is 5.31. The third-order valence-electron chi connectivity index (χ3n) is 2.70. The molecule has 0 aliphatic heterocycles. The molecule has 2 nitrogen and oxygen atoms in total. The second-order valence-corrected chi connectivity index (χ2v) is 5.31. The van der Waals surface area contributed by atoms with Crippen molar-refractivity contribution in [3.63, 3.8) is 0 Å². The first-order valence-corrected chi connectivity index (χ1v) is 6.23. The second kappa shape index (κ2) is 5.91. The zero-order valence-corrected chi connectivity index (χ0v) is 11.4. The molecule has 0 aromatic rings. The van der Waals surface area contributed by atoms with Crippen LogP contribution in [0.15, 0.2) is 11.6 Å². The number of hydrogen-bond acceptors (Lipinski definition) is 2. The molecule has 0 spiro atoms. The average molecular weight is 234 g/mol. The molecule has 0 aromatic carbocycles. The van der Waals surface area contributed by atoms with E-state index in [4.69, 9.17) is 4.74 Å². The maximum atomic E-state index is 10.9. The standard InChI is InChI=1S/C15H22O2/c1-10(2)8-14-9-13(14)6-7-15(11(3)4)17-12(5)16/h8,11,13-15H,9H2,1-5H3/t13-,14-,15?/m1/s1. The van der Waals surface area contributed by atoms with Crippen molar-refractivity contribution in [1.29, 1.82) is 0 Å². The molecular weight excluding hydrogens is 212 g/mol. The molecule has 0 amide bonds. The fourth-order valence-corrected chi connectivity index (χ4v) is 1.69. The topological polar surface area (TPSA) is 26.3 Å². The molecular formula is C15H22O2. The lowest BCUT2D eigenvalue weighted by atomic mass is 10.1. The van der Waals surface area contributed by atoms with Crippen molar-refractivity contribution in [3.8, 4) is 11.8 Å². The van der Waals surface area contributed by atoms with Crippen LogP contribution in [0.3, 0.4) is 0 Å². The normalized spacial score (nSPS) is 23.4. The summed E-state index contributed by atoms with van der Waals surface area (Å²) in [4.78, 5) is 10.9. The Hall–Kier alpha value is -1.23. The van der Waals surface area contributed by atoms with E-state index in [9.17, 15) is 4.79 Å². The highest BCUT2D eigenvalue weighted by Crippen LogP contribution is 2.39. The number of hydrogen-bond donors (Lipinski definition) is 0. The molecule has 1 aliphatic carbocycles. The number of carbonyl (C=O) groups is 1. The van der Waals surface area contributed by atoms with Gasteiger partial charge in [-0.15, -0.1) is 0 Å². The number of esters is 1. The smallest absolute Gasteiger partial charge is 0.303 e. The minimum absolute atomic E-state index is 0.243. The molecule has 17 heavy (non-hydrogen) atoms. The largest absolute Gasteiger partial charge is 0.449 e. The Morgan fingerprint density at radius 3 is 2.47 bits per heavy atom. The van der Waals surface area contributed by atoms with E-state index in [0.717, 1.165) is 6.42 Å². The Kier molecular flexibility index (Phi) is 4.81. The maximum Gasteiger partial charge on any atom is 0.303 e. The van der Waals surface area contributed by atoms with E-state index >= 15 is 0 Å². The highest BCUT2D eigenvalue weighted by atomic mass is 16.5. The van der Waals surface area contributed by atoms with Gasteiger partial charge in [-0.05, 0) is 26.2 Å². The average Bonchev–Trinajstić information content (AvgIpc) is 2.89. The van der Waals surface area contributed by atoms with Crippen LogP contribution in [0.2, 0.25) is 0 Å². The van der Waals surface area contributed by atoms with Crippen molar-refractivity contribution in [3.05, 3.63) is 11.6 Å². The predicted octanol–water partition coefficient (Wildman–Crippen LogP) is 3.18. The van der Waals surface area contributed by atoms with E-state index in [-0.39, 0.29) is 18.0 Å². The molecule has 0 radical (unpaired) electrons. The molecule has 0 aromatic heterocycles. The summed E-state index contributed by atoms with van der Waals surface area (Å²) < 4.78 is 5.18. The summed E-state index contributed by atoms with van der Waals surface area (Å²) in [6.07, 6.45) is 3.15. The third kappa shape index (κ3) is 5.08. The fraction of sp³-hybridized carbons (Fsp3) is 0.667. The molecule has 2 heteroatoms. The first-order chi connectivity index (χ1) is 7.90. The van der Waals surface area contributed by atoms with Crippen molar-refractivity contribution in [2.24, 2.45) is 17.8 Å². The van der Waals surface area contributed by atoms with Crippen LogP contribution in [0.25, 0.3) is 0 Å². The Morgan fingerprint density at radius 2 is 2.00 bits per heavy atom. The SMILES string of the molecule is CC(=O)OC(C#C[C@@H]1C[C@H]1C=C(C)C)C(C)C. The molecule has 1 aliphatic rings. The van der Waals surface area contributed by atoms with Gasteiger partial charge < -0.3 is 4.74 Å². The van der Waals surface area contributed by atoms with Crippen molar-refractivity contribution < 1.29 is 9.53 Å². The summed E-state index contributed by atoms with van der Waals surface area (Å²) in [6.45, 7) is 9.68. The van der Waals surface area contributed by atoms with E-state index in [2.05, 4.69) is 31.8 Å². The van der Waals surface area contributed by atoms with Crippen molar-refractivity contribution >= 4 is 5.97 Å². The Labute approximate surface area is 104 Å². The highest BCUT2D eigenvalue weighted by molar-refractivity contribution is 5.66. The molecule has 0 N–H and O–H groups in total. The third-order valence-corrected chi connectivity index (χ3v) is 2.70. The van der Waals surface area contributed by atoms with E-state index in [0.29, 0.717) is 11.8 Å². The first-order valence-electron chi connectivity index (χ1n) is 6.23. The zero-order chi connectivity index (χ0) is 13.0. The van der Waals surface area contributed by atoms with Crippen molar-refractivity contribution in [1.82, 2.24) is 0 Å². The van der Waals surface area contributed by atoms with Crippen LogP contribution >= 0.6 is 0 Å². The van der Waals surface area contributed by atoms with Crippen LogP contribution in [0.5, 0.6) is 0 Å². The van der Waals surface area contributed by atoms with E-state index in [1.165, 1.54) is 12.5 Å². The van der Waals surface area contributed by atoms with Crippen LogP contribution < -0.4 is 0 Å². The highest BCUT2D eigenvalue weighted by Gasteiger charge is 2.33. The van der Waals surface area contributed by atoms with Gasteiger partial charge in [0.15, 0.2) is 6.10 Å². The monoisotopic (exact) mass is 234 g/mol. The van der Waals surface area contributed by atoms with E-state index in [1.807, 2.05) is 13.8 Å². The summed E-state index contributed by atoms with van der Waals surface area (Å²) in [5, 5.41) is 0.